The third-order valence-corrected chi connectivity index (χ3v) is 12.3. The molecule has 62 heavy (non-hydrogen) atoms. The molecule has 292 valence electrons. The fourth-order valence-corrected chi connectivity index (χ4v) is 9.48. The van der Waals surface area contributed by atoms with E-state index in [0.29, 0.717) is 17.5 Å². The second-order valence-electron chi connectivity index (χ2n) is 15.9. The predicted molar refractivity (Wildman–Crippen MR) is 256 cm³/mol. The third kappa shape index (κ3) is 5.97. The van der Waals surface area contributed by atoms with E-state index >= 15 is 0 Å². The van der Waals surface area contributed by atoms with Gasteiger partial charge < -0.3 is 9.13 Å². The van der Waals surface area contributed by atoms with E-state index in [-0.39, 0.29) is 0 Å². The molecule has 0 saturated heterocycles. The predicted octanol–water partition coefficient (Wildman–Crippen LogP) is 14.3. The van der Waals surface area contributed by atoms with Gasteiger partial charge in [-0.2, -0.15) is 0 Å². The van der Waals surface area contributed by atoms with Crippen LogP contribution in [0.15, 0.2) is 212 Å². The Hall–Kier alpha value is -8.15. The van der Waals surface area contributed by atoms with Crippen molar-refractivity contribution >= 4 is 54.8 Å². The lowest BCUT2D eigenvalue weighted by molar-refractivity contribution is 1.01. The van der Waals surface area contributed by atoms with Crippen molar-refractivity contribution < 1.29 is 0 Å². The van der Waals surface area contributed by atoms with Crippen molar-refractivity contribution in [3.05, 3.63) is 224 Å². The summed E-state index contributed by atoms with van der Waals surface area (Å²) in [6, 6.07) is 71.1. The van der Waals surface area contributed by atoms with Crippen LogP contribution in [0, 0.1) is 0 Å². The first-order chi connectivity index (χ1) is 30.8. The van der Waals surface area contributed by atoms with Gasteiger partial charge in [0.25, 0.3) is 0 Å². The van der Waals surface area contributed by atoms with E-state index in [1.54, 1.807) is 0 Å². The minimum absolute atomic E-state index is 0.669. The van der Waals surface area contributed by atoms with E-state index in [9.17, 15) is 0 Å². The van der Waals surface area contributed by atoms with Crippen LogP contribution in [0.1, 0.15) is 24.2 Å². The molecule has 0 aliphatic heterocycles. The molecule has 3 heterocycles. The molecule has 5 nitrogen and oxygen atoms in total. The Kier molecular flexibility index (Phi) is 8.56. The quantitative estimate of drug-likeness (QED) is 0.161. The molecule has 12 rings (SSSR count). The van der Waals surface area contributed by atoms with E-state index in [4.69, 9.17) is 15.0 Å². The van der Waals surface area contributed by atoms with Gasteiger partial charge in [0, 0.05) is 49.6 Å². The number of allylic oxidation sites excluding steroid dienone is 4. The van der Waals surface area contributed by atoms with E-state index < -0.39 is 0 Å². The van der Waals surface area contributed by atoms with Crippen molar-refractivity contribution in [2.75, 3.05) is 0 Å². The molecule has 0 unspecified atom stereocenters. The molecule has 0 radical (unpaired) electrons. The van der Waals surface area contributed by atoms with Crippen molar-refractivity contribution in [3.8, 4) is 45.3 Å². The normalized spacial score (nSPS) is 12.9. The Labute approximate surface area is 359 Å². The maximum absolute atomic E-state index is 5.07. The van der Waals surface area contributed by atoms with Crippen molar-refractivity contribution in [3.63, 3.8) is 0 Å². The summed E-state index contributed by atoms with van der Waals surface area (Å²) < 4.78 is 4.80. The van der Waals surface area contributed by atoms with Crippen LogP contribution in [-0.2, 0) is 0 Å². The van der Waals surface area contributed by atoms with Crippen LogP contribution >= 0.6 is 0 Å². The summed E-state index contributed by atoms with van der Waals surface area (Å²) in [6.45, 7) is 0. The van der Waals surface area contributed by atoms with Gasteiger partial charge >= 0.3 is 0 Å². The summed E-state index contributed by atoms with van der Waals surface area (Å²) in [5.41, 5.74) is 14.9. The van der Waals surface area contributed by atoms with Crippen molar-refractivity contribution in [1.29, 1.82) is 0 Å². The number of aromatic nitrogens is 5. The van der Waals surface area contributed by atoms with Crippen molar-refractivity contribution in [2.45, 2.75) is 12.8 Å². The maximum atomic E-state index is 5.07. The Morgan fingerprint density at radius 1 is 0.355 bits per heavy atom. The number of rotatable bonds is 7. The first kappa shape index (κ1) is 35.8. The van der Waals surface area contributed by atoms with Crippen LogP contribution in [0.4, 0.5) is 0 Å². The van der Waals surface area contributed by atoms with E-state index in [0.717, 1.165) is 40.9 Å². The zero-order chi connectivity index (χ0) is 41.0. The molecule has 0 atom stereocenters. The number of hydrogen-bond acceptors (Lipinski definition) is 3. The maximum Gasteiger partial charge on any atom is 0.164 e. The lowest BCUT2D eigenvalue weighted by atomic mass is 9.90. The van der Waals surface area contributed by atoms with Crippen LogP contribution in [0.3, 0.4) is 0 Å². The van der Waals surface area contributed by atoms with Gasteiger partial charge in [-0.3, -0.25) is 0 Å². The largest absolute Gasteiger partial charge is 0.309 e. The molecule has 0 saturated carbocycles. The highest BCUT2D eigenvalue weighted by Gasteiger charge is 2.21. The smallest absolute Gasteiger partial charge is 0.164 e. The summed E-state index contributed by atoms with van der Waals surface area (Å²) >= 11 is 0. The Balaban J connectivity index is 0.963. The van der Waals surface area contributed by atoms with Gasteiger partial charge in [0.15, 0.2) is 17.5 Å². The minimum Gasteiger partial charge on any atom is -0.309 e. The van der Waals surface area contributed by atoms with Crippen LogP contribution in [0.25, 0.3) is 100 Å². The summed E-state index contributed by atoms with van der Waals surface area (Å²) in [4.78, 5) is 15.1. The highest BCUT2D eigenvalue weighted by molar-refractivity contribution is 6.16. The summed E-state index contributed by atoms with van der Waals surface area (Å²) in [7, 11) is 0. The van der Waals surface area contributed by atoms with Crippen LogP contribution in [0.2, 0.25) is 0 Å². The van der Waals surface area contributed by atoms with Gasteiger partial charge in [0.2, 0.25) is 0 Å². The van der Waals surface area contributed by atoms with E-state index in [1.165, 1.54) is 65.9 Å². The van der Waals surface area contributed by atoms with Gasteiger partial charge in [-0.25, -0.2) is 15.0 Å². The molecule has 8 aromatic carbocycles. The molecule has 0 N–H and O–H groups in total. The summed E-state index contributed by atoms with van der Waals surface area (Å²) in [6.07, 6.45) is 6.38. The van der Waals surface area contributed by atoms with E-state index in [2.05, 4.69) is 185 Å². The fourth-order valence-electron chi connectivity index (χ4n) is 9.48. The topological polar surface area (TPSA) is 48.5 Å². The number of fused-ring (bicyclic) bond motifs is 6. The van der Waals surface area contributed by atoms with Crippen LogP contribution in [0.5, 0.6) is 0 Å². The average molecular weight is 794 g/mol. The molecule has 0 amide bonds. The molecular weight excluding hydrogens is 755 g/mol. The SMILES string of the molecule is C1=C(c2nc(-c3ccccc3)nc(-c3ccccc3)n2)C=C(c2cccc3c2c2ccccc2n3-c2ccc(-c3cccc4c3c3ccccc3n4-c3ccccc3)cc2)CC1. The second kappa shape index (κ2) is 14.8. The van der Waals surface area contributed by atoms with Gasteiger partial charge in [-0.1, -0.05) is 158 Å². The molecule has 5 heteroatoms. The van der Waals surface area contributed by atoms with Crippen LogP contribution < -0.4 is 0 Å². The Morgan fingerprint density at radius 3 is 1.42 bits per heavy atom. The molecule has 3 aromatic heterocycles. The first-order valence-corrected chi connectivity index (χ1v) is 21.3. The van der Waals surface area contributed by atoms with Gasteiger partial charge in [-0.05, 0) is 89.7 Å². The third-order valence-electron chi connectivity index (χ3n) is 12.3. The van der Waals surface area contributed by atoms with Gasteiger partial charge in [-0.15, -0.1) is 0 Å². The average Bonchev–Trinajstić information content (AvgIpc) is 3.88. The number of hydrogen-bond donors (Lipinski definition) is 0. The molecule has 1 aliphatic carbocycles. The zero-order valence-corrected chi connectivity index (χ0v) is 33.9. The highest BCUT2D eigenvalue weighted by atomic mass is 15.0. The number of nitrogens with zero attached hydrogens (tertiary/aromatic N) is 5. The molecular formula is C57H39N5. The molecule has 0 bridgehead atoms. The molecule has 1 aliphatic rings. The summed E-state index contributed by atoms with van der Waals surface area (Å²) in [5.74, 6) is 2.02. The van der Waals surface area contributed by atoms with Crippen LogP contribution in [-0.4, -0.2) is 24.1 Å². The second-order valence-corrected chi connectivity index (χ2v) is 15.9. The highest BCUT2D eigenvalue weighted by Crippen LogP contribution is 2.42. The lowest BCUT2D eigenvalue weighted by Gasteiger charge is -2.16. The lowest BCUT2D eigenvalue weighted by Crippen LogP contribution is -2.04. The van der Waals surface area contributed by atoms with Gasteiger partial charge in [0.05, 0.1) is 22.1 Å². The van der Waals surface area contributed by atoms with E-state index in [1.807, 2.05) is 36.4 Å². The summed E-state index contributed by atoms with van der Waals surface area (Å²) in [5, 5.41) is 5.00. The van der Waals surface area contributed by atoms with Crippen molar-refractivity contribution in [1.82, 2.24) is 24.1 Å². The monoisotopic (exact) mass is 793 g/mol. The number of para-hydroxylation sites is 3. The first-order valence-electron chi connectivity index (χ1n) is 21.3. The van der Waals surface area contributed by atoms with Crippen molar-refractivity contribution in [2.24, 2.45) is 0 Å². The van der Waals surface area contributed by atoms with Gasteiger partial charge in [0.1, 0.15) is 0 Å². The zero-order valence-electron chi connectivity index (χ0n) is 33.9. The molecule has 0 fully saturated rings. The standard InChI is InChI=1S/C57H39N5/c1-4-17-39(18-5-1)55-58-56(40-19-6-2-7-20-40)60-57(59-55)42-22-14-21-41(37-42)46-28-16-32-52-54(46)48-26-11-13-30-50(48)62(52)44-35-33-38(34-36-44)45-27-15-31-51-53(45)47-25-10-12-29-49(47)61(51)43-23-8-3-9-24-43/h1-13,15-20,22-37H,14,21H2. The molecule has 0 spiro atoms. The molecule has 11 aromatic rings. The Morgan fingerprint density at radius 2 is 0.823 bits per heavy atom. The Bertz CT molecular complexity index is 3480. The minimum atomic E-state index is 0.669. The number of benzene rings is 8. The fraction of sp³-hybridized carbons (Fsp3) is 0.0351.